The molecule has 0 radical (unpaired) electrons. The fraction of sp³-hybridized carbons (Fsp3) is 0.643. The first-order chi connectivity index (χ1) is 8.31. The largest absolute Gasteiger partial charge is 0.461 e. The van der Waals surface area contributed by atoms with Crippen molar-refractivity contribution < 1.29 is 9.21 Å². The predicted molar refractivity (Wildman–Crippen MR) is 67.2 cm³/mol. The van der Waals surface area contributed by atoms with Gasteiger partial charge in [0, 0.05) is 6.04 Å². The Balaban J connectivity index is 1.97. The molecule has 1 aromatic rings. The van der Waals surface area contributed by atoms with E-state index in [1.54, 1.807) is 18.4 Å². The maximum Gasteiger partial charge on any atom is 0.211 e. The van der Waals surface area contributed by atoms with Crippen LogP contribution >= 0.6 is 0 Å². The Hall–Kier alpha value is -1.09. The second-order valence-corrected chi connectivity index (χ2v) is 4.78. The summed E-state index contributed by atoms with van der Waals surface area (Å²) in [6.45, 7) is 3.76. The molecule has 1 saturated heterocycles. The van der Waals surface area contributed by atoms with Crippen LogP contribution in [0.15, 0.2) is 22.8 Å². The summed E-state index contributed by atoms with van der Waals surface area (Å²) < 4.78 is 5.16. The summed E-state index contributed by atoms with van der Waals surface area (Å²) in [5, 5.41) is 0. The lowest BCUT2D eigenvalue weighted by atomic mass is 10.1. The first-order valence-corrected chi connectivity index (χ1v) is 6.62. The van der Waals surface area contributed by atoms with Gasteiger partial charge in [-0.3, -0.25) is 9.69 Å². The number of ketones is 1. The zero-order valence-electron chi connectivity index (χ0n) is 10.5. The normalized spacial score (nSPS) is 22.3. The van der Waals surface area contributed by atoms with E-state index in [0.717, 1.165) is 13.0 Å². The first kappa shape index (κ1) is 12.4. The van der Waals surface area contributed by atoms with Gasteiger partial charge in [0.2, 0.25) is 5.78 Å². The zero-order chi connectivity index (χ0) is 12.1. The van der Waals surface area contributed by atoms with Crippen molar-refractivity contribution in [3.8, 4) is 0 Å². The minimum Gasteiger partial charge on any atom is -0.461 e. The SMILES string of the molecule is CCC1CCCCCN1CC(=O)c1ccco1. The summed E-state index contributed by atoms with van der Waals surface area (Å²) in [5.41, 5.74) is 0. The van der Waals surface area contributed by atoms with Crippen molar-refractivity contribution in [1.82, 2.24) is 4.90 Å². The summed E-state index contributed by atoms with van der Waals surface area (Å²) in [7, 11) is 0. The maximum atomic E-state index is 12.0. The number of hydrogen-bond acceptors (Lipinski definition) is 3. The standard InChI is InChI=1S/C14H21NO2/c1-2-12-7-4-3-5-9-15(12)11-13(16)14-8-6-10-17-14/h6,8,10,12H,2-5,7,9,11H2,1H3. The van der Waals surface area contributed by atoms with Crippen molar-refractivity contribution in [2.45, 2.75) is 45.1 Å². The zero-order valence-corrected chi connectivity index (χ0v) is 10.5. The van der Waals surface area contributed by atoms with Gasteiger partial charge in [0.15, 0.2) is 5.76 Å². The first-order valence-electron chi connectivity index (χ1n) is 6.62. The maximum absolute atomic E-state index is 12.0. The van der Waals surface area contributed by atoms with E-state index in [1.807, 2.05) is 0 Å². The topological polar surface area (TPSA) is 33.5 Å². The minimum atomic E-state index is 0.107. The van der Waals surface area contributed by atoms with Gasteiger partial charge in [-0.25, -0.2) is 0 Å². The fourth-order valence-electron chi connectivity index (χ4n) is 2.61. The molecule has 1 aromatic heterocycles. The van der Waals surface area contributed by atoms with E-state index in [-0.39, 0.29) is 5.78 Å². The Kier molecular flexibility index (Phi) is 4.37. The van der Waals surface area contributed by atoms with Crippen LogP contribution in [0.5, 0.6) is 0 Å². The van der Waals surface area contributed by atoms with Crippen molar-refractivity contribution in [3.63, 3.8) is 0 Å². The van der Waals surface area contributed by atoms with Crippen molar-refractivity contribution in [2.75, 3.05) is 13.1 Å². The highest BCUT2D eigenvalue weighted by Crippen LogP contribution is 2.19. The molecule has 0 aliphatic carbocycles. The van der Waals surface area contributed by atoms with E-state index in [4.69, 9.17) is 4.42 Å². The molecule has 1 unspecified atom stereocenters. The van der Waals surface area contributed by atoms with E-state index >= 15 is 0 Å². The molecule has 3 heteroatoms. The number of likely N-dealkylation sites (tertiary alicyclic amines) is 1. The number of carbonyl (C=O) groups excluding carboxylic acids is 1. The van der Waals surface area contributed by atoms with Gasteiger partial charge >= 0.3 is 0 Å². The van der Waals surface area contributed by atoms with Gasteiger partial charge in [-0.1, -0.05) is 19.8 Å². The second kappa shape index (κ2) is 6.01. The lowest BCUT2D eigenvalue weighted by molar-refractivity contribution is 0.0863. The molecule has 1 atom stereocenters. The lowest BCUT2D eigenvalue weighted by Gasteiger charge is -2.27. The van der Waals surface area contributed by atoms with Crippen LogP contribution in [0.25, 0.3) is 0 Å². The van der Waals surface area contributed by atoms with Crippen molar-refractivity contribution in [3.05, 3.63) is 24.2 Å². The van der Waals surface area contributed by atoms with Crippen LogP contribution in [0.2, 0.25) is 0 Å². The molecule has 2 rings (SSSR count). The lowest BCUT2D eigenvalue weighted by Crippen LogP contribution is -2.38. The second-order valence-electron chi connectivity index (χ2n) is 4.78. The molecule has 1 fully saturated rings. The van der Waals surface area contributed by atoms with Gasteiger partial charge in [-0.05, 0) is 37.9 Å². The highest BCUT2D eigenvalue weighted by atomic mass is 16.3. The molecule has 0 bridgehead atoms. The highest BCUT2D eigenvalue weighted by molar-refractivity contribution is 5.95. The van der Waals surface area contributed by atoms with Gasteiger partial charge in [0.25, 0.3) is 0 Å². The number of furan rings is 1. The van der Waals surface area contributed by atoms with Crippen LogP contribution in [-0.4, -0.2) is 29.8 Å². The molecule has 0 amide bonds. The molecule has 94 valence electrons. The van der Waals surface area contributed by atoms with Crippen molar-refractivity contribution >= 4 is 5.78 Å². The minimum absolute atomic E-state index is 0.107. The molecule has 3 nitrogen and oxygen atoms in total. The Morgan fingerprint density at radius 3 is 3.06 bits per heavy atom. The van der Waals surface area contributed by atoms with Crippen molar-refractivity contribution in [2.24, 2.45) is 0 Å². The summed E-state index contributed by atoms with van der Waals surface area (Å²) >= 11 is 0. The van der Waals surface area contributed by atoms with E-state index in [1.165, 1.54) is 25.7 Å². The van der Waals surface area contributed by atoms with Gasteiger partial charge in [-0.15, -0.1) is 0 Å². The molecule has 0 aromatic carbocycles. The van der Waals surface area contributed by atoms with Gasteiger partial charge < -0.3 is 4.42 Å². The third kappa shape index (κ3) is 3.19. The van der Waals surface area contributed by atoms with Gasteiger partial charge in [0.05, 0.1) is 12.8 Å². The number of nitrogens with zero attached hydrogens (tertiary/aromatic N) is 1. The van der Waals surface area contributed by atoms with E-state index in [0.29, 0.717) is 18.3 Å². The van der Waals surface area contributed by atoms with Crippen LogP contribution in [0.4, 0.5) is 0 Å². The predicted octanol–water partition coefficient (Wildman–Crippen LogP) is 3.12. The smallest absolute Gasteiger partial charge is 0.211 e. The van der Waals surface area contributed by atoms with Gasteiger partial charge in [-0.2, -0.15) is 0 Å². The summed E-state index contributed by atoms with van der Waals surface area (Å²) in [5.74, 6) is 0.597. The monoisotopic (exact) mass is 235 g/mol. The highest BCUT2D eigenvalue weighted by Gasteiger charge is 2.22. The third-order valence-electron chi connectivity index (χ3n) is 3.61. The molecule has 2 heterocycles. The quantitative estimate of drug-likeness (QED) is 0.752. The molecule has 17 heavy (non-hydrogen) atoms. The molecular weight excluding hydrogens is 214 g/mol. The van der Waals surface area contributed by atoms with E-state index in [9.17, 15) is 4.79 Å². The summed E-state index contributed by atoms with van der Waals surface area (Å²) in [6.07, 6.45) is 7.72. The Morgan fingerprint density at radius 1 is 1.47 bits per heavy atom. The van der Waals surface area contributed by atoms with Crippen LogP contribution in [0, 0.1) is 0 Å². The van der Waals surface area contributed by atoms with Crippen LogP contribution < -0.4 is 0 Å². The van der Waals surface area contributed by atoms with Gasteiger partial charge in [0.1, 0.15) is 0 Å². The average Bonchev–Trinajstić information content (AvgIpc) is 2.78. The summed E-state index contributed by atoms with van der Waals surface area (Å²) in [6, 6.07) is 4.09. The Labute approximate surface area is 103 Å². The van der Waals surface area contributed by atoms with Crippen LogP contribution in [0.1, 0.15) is 49.6 Å². The van der Waals surface area contributed by atoms with Crippen LogP contribution in [-0.2, 0) is 0 Å². The molecule has 0 spiro atoms. The van der Waals surface area contributed by atoms with E-state index in [2.05, 4.69) is 11.8 Å². The number of hydrogen-bond donors (Lipinski definition) is 0. The molecule has 0 saturated carbocycles. The molecule has 1 aliphatic heterocycles. The van der Waals surface area contributed by atoms with Crippen LogP contribution in [0.3, 0.4) is 0 Å². The third-order valence-corrected chi connectivity index (χ3v) is 3.61. The Bertz CT molecular complexity index is 345. The number of Topliss-reactive ketones (excluding diaryl/α,β-unsaturated/α-hetero) is 1. The Morgan fingerprint density at radius 2 is 2.35 bits per heavy atom. The van der Waals surface area contributed by atoms with E-state index < -0.39 is 0 Å². The number of rotatable bonds is 4. The average molecular weight is 235 g/mol. The molecule has 1 aliphatic rings. The number of carbonyl (C=O) groups is 1. The molecular formula is C14H21NO2. The molecule has 0 N–H and O–H groups in total. The fourth-order valence-corrected chi connectivity index (χ4v) is 2.61. The summed E-state index contributed by atoms with van der Waals surface area (Å²) in [4.78, 5) is 14.3. The van der Waals surface area contributed by atoms with Crippen molar-refractivity contribution in [1.29, 1.82) is 0 Å².